The number of aliphatic hydroxyl groups is 1. The second-order valence-electron chi connectivity index (χ2n) is 6.62. The Balaban J connectivity index is 3.81. The van der Waals surface area contributed by atoms with E-state index in [1.165, 1.54) is 44.9 Å². The second kappa shape index (κ2) is 17.5. The third-order valence-electron chi connectivity index (χ3n) is 4.22. The molecule has 25 heavy (non-hydrogen) atoms. The summed E-state index contributed by atoms with van der Waals surface area (Å²) in [6, 6.07) is 0. The number of rotatable bonds is 17. The van der Waals surface area contributed by atoms with Crippen LogP contribution in [0.15, 0.2) is 12.2 Å². The summed E-state index contributed by atoms with van der Waals surface area (Å²) in [4.78, 5) is 23.0. The minimum atomic E-state index is -0.960. The van der Waals surface area contributed by atoms with Gasteiger partial charge in [0.25, 0.3) is 0 Å². The van der Waals surface area contributed by atoms with Crippen LogP contribution in [0.5, 0.6) is 0 Å². The lowest BCUT2D eigenvalue weighted by Crippen LogP contribution is -2.28. The molecule has 0 aliphatic heterocycles. The van der Waals surface area contributed by atoms with Gasteiger partial charge in [-0.1, -0.05) is 64.0 Å². The molecule has 0 spiro atoms. The number of carbonyl (C=O) groups excluding carboxylic acids is 1. The Bertz CT molecular complexity index is 369. The van der Waals surface area contributed by atoms with Crippen LogP contribution in [0.4, 0.5) is 0 Å². The van der Waals surface area contributed by atoms with Crippen molar-refractivity contribution in [2.75, 3.05) is 13.2 Å². The molecule has 1 atom stereocenters. The molecule has 0 radical (unpaired) electrons. The van der Waals surface area contributed by atoms with Gasteiger partial charge in [-0.15, -0.1) is 0 Å². The second-order valence-corrected chi connectivity index (χ2v) is 6.62. The quantitative estimate of drug-likeness (QED) is 0.271. The molecule has 0 saturated carbocycles. The molecule has 5 heteroatoms. The van der Waals surface area contributed by atoms with Gasteiger partial charge in [0.1, 0.15) is 0 Å². The minimum Gasteiger partial charge on any atom is -0.481 e. The van der Waals surface area contributed by atoms with E-state index >= 15 is 0 Å². The number of nitrogens with one attached hydrogen (secondary N) is 1. The Morgan fingerprint density at radius 2 is 1.60 bits per heavy atom. The first-order chi connectivity index (χ1) is 12.1. The van der Waals surface area contributed by atoms with Gasteiger partial charge in [0, 0.05) is 19.6 Å². The summed E-state index contributed by atoms with van der Waals surface area (Å²) >= 11 is 0. The van der Waals surface area contributed by atoms with Crippen LogP contribution in [0.3, 0.4) is 0 Å². The maximum absolute atomic E-state index is 11.7. The lowest BCUT2D eigenvalue weighted by atomic mass is 10.0. The number of hydrogen-bond donors (Lipinski definition) is 3. The van der Waals surface area contributed by atoms with Crippen LogP contribution in [0.25, 0.3) is 0 Å². The number of allylic oxidation sites excluding steroid dienone is 1. The summed E-state index contributed by atoms with van der Waals surface area (Å²) in [6.45, 7) is 2.81. The highest BCUT2D eigenvalue weighted by Crippen LogP contribution is 2.11. The van der Waals surface area contributed by atoms with E-state index in [2.05, 4.69) is 12.2 Å². The largest absolute Gasteiger partial charge is 0.481 e. The van der Waals surface area contributed by atoms with Gasteiger partial charge < -0.3 is 15.5 Å². The smallest absolute Gasteiger partial charge is 0.310 e. The van der Waals surface area contributed by atoms with Crippen molar-refractivity contribution in [3.63, 3.8) is 0 Å². The van der Waals surface area contributed by atoms with Gasteiger partial charge in [-0.05, 0) is 25.7 Å². The standard InChI is InChI=1S/C20H37NO4/c1-2-3-4-5-6-7-8-9-10-11-14-18(20(24)25)17-19(23)21-15-12-13-16-22/h11,14,18,22H,2-10,12-13,15-17H2,1H3,(H,21,23)(H,24,25). The van der Waals surface area contributed by atoms with Crippen molar-refractivity contribution in [3.05, 3.63) is 12.2 Å². The summed E-state index contributed by atoms with van der Waals surface area (Å²) in [7, 11) is 0. The number of carboxylic acid groups (broad SMARTS) is 1. The Labute approximate surface area is 152 Å². The van der Waals surface area contributed by atoms with Crippen molar-refractivity contribution in [1.29, 1.82) is 0 Å². The molecule has 1 amide bonds. The van der Waals surface area contributed by atoms with Crippen LogP contribution in [-0.4, -0.2) is 35.2 Å². The molecule has 0 aliphatic carbocycles. The summed E-state index contributed by atoms with van der Waals surface area (Å²) in [5.41, 5.74) is 0. The van der Waals surface area contributed by atoms with Crippen LogP contribution in [0.2, 0.25) is 0 Å². The van der Waals surface area contributed by atoms with E-state index in [0.29, 0.717) is 19.4 Å². The molecule has 0 aromatic rings. The maximum Gasteiger partial charge on any atom is 0.310 e. The molecular formula is C20H37NO4. The summed E-state index contributed by atoms with van der Waals surface area (Å²) in [6.07, 6.45) is 15.8. The van der Waals surface area contributed by atoms with Gasteiger partial charge in [0.2, 0.25) is 5.91 Å². The normalized spacial score (nSPS) is 12.4. The number of carbonyl (C=O) groups is 2. The van der Waals surface area contributed by atoms with Gasteiger partial charge in [0.15, 0.2) is 0 Å². The van der Waals surface area contributed by atoms with Crippen molar-refractivity contribution in [2.24, 2.45) is 5.92 Å². The van der Waals surface area contributed by atoms with Crippen molar-refractivity contribution in [2.45, 2.75) is 84.0 Å². The molecule has 0 saturated heterocycles. The number of amides is 1. The van der Waals surface area contributed by atoms with Crippen LogP contribution in [-0.2, 0) is 9.59 Å². The van der Waals surface area contributed by atoms with Gasteiger partial charge in [-0.25, -0.2) is 0 Å². The molecule has 0 fully saturated rings. The van der Waals surface area contributed by atoms with Crippen molar-refractivity contribution < 1.29 is 19.8 Å². The lowest BCUT2D eigenvalue weighted by Gasteiger charge is -2.08. The number of unbranched alkanes of at least 4 members (excludes halogenated alkanes) is 9. The molecule has 0 aromatic carbocycles. The maximum atomic E-state index is 11.7. The molecule has 1 unspecified atom stereocenters. The molecule has 0 bridgehead atoms. The number of hydrogen-bond acceptors (Lipinski definition) is 3. The zero-order chi connectivity index (χ0) is 18.8. The fraction of sp³-hybridized carbons (Fsp3) is 0.800. The molecule has 0 heterocycles. The first kappa shape index (κ1) is 23.6. The zero-order valence-corrected chi connectivity index (χ0v) is 15.8. The average Bonchev–Trinajstić information content (AvgIpc) is 2.59. The van der Waals surface area contributed by atoms with Crippen LogP contribution in [0, 0.1) is 5.92 Å². The topological polar surface area (TPSA) is 86.6 Å². The molecule has 5 nitrogen and oxygen atoms in total. The Kier molecular flexibility index (Phi) is 16.5. The first-order valence-electron chi connectivity index (χ1n) is 9.88. The van der Waals surface area contributed by atoms with E-state index in [1.807, 2.05) is 6.08 Å². The van der Waals surface area contributed by atoms with Crippen molar-refractivity contribution >= 4 is 11.9 Å². The highest BCUT2D eigenvalue weighted by atomic mass is 16.4. The van der Waals surface area contributed by atoms with Gasteiger partial charge in [0.05, 0.1) is 5.92 Å². The minimum absolute atomic E-state index is 0.0254. The van der Waals surface area contributed by atoms with Crippen LogP contribution < -0.4 is 5.32 Å². The highest BCUT2D eigenvalue weighted by molar-refractivity contribution is 5.83. The summed E-state index contributed by atoms with van der Waals surface area (Å²) < 4.78 is 0. The highest BCUT2D eigenvalue weighted by Gasteiger charge is 2.17. The lowest BCUT2D eigenvalue weighted by molar-refractivity contribution is -0.142. The Hall–Kier alpha value is -1.36. The van der Waals surface area contributed by atoms with Crippen LogP contribution in [0.1, 0.15) is 84.0 Å². The van der Waals surface area contributed by atoms with E-state index in [9.17, 15) is 14.7 Å². The summed E-state index contributed by atoms with van der Waals surface area (Å²) in [5.74, 6) is -1.97. The number of aliphatic carboxylic acids is 1. The first-order valence-corrected chi connectivity index (χ1v) is 9.88. The third kappa shape index (κ3) is 15.9. The van der Waals surface area contributed by atoms with Crippen molar-refractivity contribution in [3.8, 4) is 0 Å². The molecular weight excluding hydrogens is 318 g/mol. The molecule has 0 rings (SSSR count). The molecule has 0 aromatic heterocycles. The van der Waals surface area contributed by atoms with Crippen LogP contribution >= 0.6 is 0 Å². The Morgan fingerprint density at radius 1 is 0.960 bits per heavy atom. The predicted molar refractivity (Wildman–Crippen MR) is 101 cm³/mol. The average molecular weight is 356 g/mol. The Morgan fingerprint density at radius 3 is 2.20 bits per heavy atom. The van der Waals surface area contributed by atoms with E-state index in [-0.39, 0.29) is 18.9 Å². The number of aliphatic hydroxyl groups excluding tert-OH is 1. The fourth-order valence-corrected chi connectivity index (χ4v) is 2.63. The summed E-state index contributed by atoms with van der Waals surface area (Å²) in [5, 5.41) is 20.6. The van der Waals surface area contributed by atoms with Gasteiger partial charge in [-0.3, -0.25) is 9.59 Å². The molecule has 146 valence electrons. The molecule has 3 N–H and O–H groups in total. The SMILES string of the molecule is CCCCCCCCCCC=CC(CC(=O)NCCCCO)C(=O)O. The predicted octanol–water partition coefficient (Wildman–Crippen LogP) is 4.05. The van der Waals surface area contributed by atoms with E-state index in [4.69, 9.17) is 5.11 Å². The number of carboxylic acids is 1. The fourth-order valence-electron chi connectivity index (χ4n) is 2.63. The molecule has 0 aliphatic rings. The zero-order valence-electron chi connectivity index (χ0n) is 15.8. The monoisotopic (exact) mass is 355 g/mol. The van der Waals surface area contributed by atoms with E-state index in [1.54, 1.807) is 6.08 Å². The third-order valence-corrected chi connectivity index (χ3v) is 4.22. The van der Waals surface area contributed by atoms with Gasteiger partial charge in [-0.2, -0.15) is 0 Å². The van der Waals surface area contributed by atoms with E-state index < -0.39 is 11.9 Å². The van der Waals surface area contributed by atoms with Gasteiger partial charge >= 0.3 is 5.97 Å². The van der Waals surface area contributed by atoms with Crippen molar-refractivity contribution in [1.82, 2.24) is 5.32 Å². The van der Waals surface area contributed by atoms with E-state index in [0.717, 1.165) is 12.8 Å².